The van der Waals surface area contributed by atoms with Gasteiger partial charge >= 0.3 is 0 Å². The Morgan fingerprint density at radius 2 is 1.70 bits per heavy atom. The van der Waals surface area contributed by atoms with Crippen molar-refractivity contribution in [1.29, 1.82) is 0 Å². The molecule has 1 heterocycles. The van der Waals surface area contributed by atoms with Crippen LogP contribution in [0, 0.1) is 6.92 Å². The van der Waals surface area contributed by atoms with E-state index >= 15 is 0 Å². The van der Waals surface area contributed by atoms with Gasteiger partial charge in [-0.15, -0.1) is 0 Å². The Bertz CT molecular complexity index is 1150. The molecule has 5 nitrogen and oxygen atoms in total. The topological polar surface area (TPSA) is 56.2 Å². The first-order chi connectivity index (χ1) is 14.6. The largest absolute Gasteiger partial charge is 0.492 e. The summed E-state index contributed by atoms with van der Waals surface area (Å²) in [6.45, 7) is 5.05. The lowest BCUT2D eigenvalue weighted by Gasteiger charge is -2.17. The summed E-state index contributed by atoms with van der Waals surface area (Å²) in [6.07, 6.45) is 0. The molecule has 0 saturated heterocycles. The number of ether oxygens (including phenoxy) is 1. The van der Waals surface area contributed by atoms with E-state index in [2.05, 4.69) is 9.88 Å². The number of nitrogens with one attached hydrogen (secondary N) is 1. The Balaban J connectivity index is 1.56. The molecule has 1 N–H and O–H groups in total. The first-order valence-electron chi connectivity index (χ1n) is 10.1. The van der Waals surface area contributed by atoms with Crippen LogP contribution in [0.4, 0.5) is 0 Å². The van der Waals surface area contributed by atoms with Gasteiger partial charge in [0.15, 0.2) is 0 Å². The molecule has 1 unspecified atom stereocenters. The molecule has 0 bridgehead atoms. The molecule has 0 aliphatic carbocycles. The van der Waals surface area contributed by atoms with Gasteiger partial charge in [0.2, 0.25) is 0 Å². The highest BCUT2D eigenvalue weighted by Crippen LogP contribution is 2.22. The predicted molar refractivity (Wildman–Crippen MR) is 119 cm³/mol. The fourth-order valence-corrected chi connectivity index (χ4v) is 3.60. The summed E-state index contributed by atoms with van der Waals surface area (Å²) in [5.74, 6) is 1.55. The Hall–Kier alpha value is -3.60. The smallest absolute Gasteiger partial charge is 0.252 e. The van der Waals surface area contributed by atoms with E-state index in [9.17, 15) is 4.79 Å². The van der Waals surface area contributed by atoms with Crippen molar-refractivity contribution in [3.63, 3.8) is 0 Å². The number of hydrogen-bond acceptors (Lipinski definition) is 3. The van der Waals surface area contributed by atoms with Crippen molar-refractivity contribution in [2.45, 2.75) is 26.4 Å². The molecule has 0 aliphatic heterocycles. The normalized spacial score (nSPS) is 11.9. The molecule has 0 aliphatic rings. The second-order valence-corrected chi connectivity index (χ2v) is 7.28. The number of carbonyl (C=O) groups excluding carboxylic acids is 1. The van der Waals surface area contributed by atoms with Crippen LogP contribution >= 0.6 is 0 Å². The maximum absolute atomic E-state index is 12.8. The van der Waals surface area contributed by atoms with Crippen molar-refractivity contribution in [2.75, 3.05) is 6.61 Å². The minimum atomic E-state index is -0.249. The predicted octanol–water partition coefficient (Wildman–Crippen LogP) is 4.91. The molecule has 3 aromatic carbocycles. The molecule has 1 atom stereocenters. The van der Waals surface area contributed by atoms with Crippen molar-refractivity contribution in [3.05, 3.63) is 95.8 Å². The molecule has 0 spiro atoms. The SMILES string of the molecule is Cc1ccccc1C(=O)NC(C)c1nc2ccccc2n1CCOc1ccccc1. The van der Waals surface area contributed by atoms with Gasteiger partial charge in [0, 0.05) is 5.56 Å². The van der Waals surface area contributed by atoms with Gasteiger partial charge in [0.05, 0.1) is 23.6 Å². The molecule has 0 fully saturated rings. The number of imidazole rings is 1. The van der Waals surface area contributed by atoms with E-state index in [4.69, 9.17) is 9.72 Å². The van der Waals surface area contributed by atoms with E-state index in [0.717, 1.165) is 28.2 Å². The number of aromatic nitrogens is 2. The minimum absolute atomic E-state index is 0.0975. The van der Waals surface area contributed by atoms with Crippen molar-refractivity contribution in [1.82, 2.24) is 14.9 Å². The fraction of sp³-hybridized carbons (Fsp3) is 0.200. The molecule has 152 valence electrons. The van der Waals surface area contributed by atoms with Crippen LogP contribution in [0.2, 0.25) is 0 Å². The molecule has 4 rings (SSSR count). The van der Waals surface area contributed by atoms with E-state index in [1.54, 1.807) is 0 Å². The maximum Gasteiger partial charge on any atom is 0.252 e. The minimum Gasteiger partial charge on any atom is -0.492 e. The van der Waals surface area contributed by atoms with Gasteiger partial charge in [-0.25, -0.2) is 4.98 Å². The van der Waals surface area contributed by atoms with Gasteiger partial charge in [-0.1, -0.05) is 48.5 Å². The maximum atomic E-state index is 12.8. The van der Waals surface area contributed by atoms with Gasteiger partial charge in [0.25, 0.3) is 5.91 Å². The molecule has 1 amide bonds. The summed E-state index contributed by atoms with van der Waals surface area (Å²) in [5, 5.41) is 3.10. The fourth-order valence-electron chi connectivity index (χ4n) is 3.60. The lowest BCUT2D eigenvalue weighted by atomic mass is 10.1. The number of carbonyl (C=O) groups is 1. The van der Waals surface area contributed by atoms with Gasteiger partial charge < -0.3 is 14.6 Å². The zero-order valence-electron chi connectivity index (χ0n) is 17.2. The van der Waals surface area contributed by atoms with Crippen LogP contribution in [-0.4, -0.2) is 22.1 Å². The monoisotopic (exact) mass is 399 g/mol. The Labute approximate surface area is 176 Å². The third-order valence-corrected chi connectivity index (χ3v) is 5.14. The quantitative estimate of drug-likeness (QED) is 0.480. The molecular weight excluding hydrogens is 374 g/mol. The summed E-state index contributed by atoms with van der Waals surface area (Å²) >= 11 is 0. The standard InChI is InChI=1S/C25H25N3O2/c1-18-10-6-7-13-21(18)25(29)26-19(2)24-27-22-14-8-9-15-23(22)28(24)16-17-30-20-11-4-3-5-12-20/h3-15,19H,16-17H2,1-2H3,(H,26,29). The van der Waals surface area contributed by atoms with Gasteiger partial charge in [0.1, 0.15) is 18.2 Å². The zero-order chi connectivity index (χ0) is 20.9. The summed E-state index contributed by atoms with van der Waals surface area (Å²) in [5.41, 5.74) is 3.57. The number of aryl methyl sites for hydroxylation is 1. The highest BCUT2D eigenvalue weighted by molar-refractivity contribution is 5.95. The highest BCUT2D eigenvalue weighted by Gasteiger charge is 2.19. The van der Waals surface area contributed by atoms with E-state index < -0.39 is 0 Å². The lowest BCUT2D eigenvalue weighted by molar-refractivity contribution is 0.0937. The Kier molecular flexibility index (Phi) is 5.80. The van der Waals surface area contributed by atoms with E-state index in [-0.39, 0.29) is 11.9 Å². The summed E-state index contributed by atoms with van der Waals surface area (Å²) < 4.78 is 8.02. The third-order valence-electron chi connectivity index (χ3n) is 5.14. The number of benzene rings is 3. The van der Waals surface area contributed by atoms with Crippen molar-refractivity contribution in [3.8, 4) is 5.75 Å². The van der Waals surface area contributed by atoms with Crippen molar-refractivity contribution >= 4 is 16.9 Å². The molecule has 5 heteroatoms. The van der Waals surface area contributed by atoms with E-state index in [1.807, 2.05) is 92.7 Å². The van der Waals surface area contributed by atoms with Gasteiger partial charge in [-0.2, -0.15) is 0 Å². The molecular formula is C25H25N3O2. The number of amides is 1. The third kappa shape index (κ3) is 4.20. The number of nitrogens with zero attached hydrogens (tertiary/aromatic N) is 2. The average molecular weight is 399 g/mol. The van der Waals surface area contributed by atoms with Crippen molar-refractivity contribution in [2.24, 2.45) is 0 Å². The molecule has 30 heavy (non-hydrogen) atoms. The number of hydrogen-bond donors (Lipinski definition) is 1. The molecule has 0 radical (unpaired) electrons. The second-order valence-electron chi connectivity index (χ2n) is 7.28. The number of para-hydroxylation sites is 3. The van der Waals surface area contributed by atoms with E-state index in [1.165, 1.54) is 0 Å². The average Bonchev–Trinajstić information content (AvgIpc) is 3.14. The van der Waals surface area contributed by atoms with E-state index in [0.29, 0.717) is 18.7 Å². The van der Waals surface area contributed by atoms with Crippen LogP contribution in [0.15, 0.2) is 78.9 Å². The van der Waals surface area contributed by atoms with Crippen LogP contribution in [0.5, 0.6) is 5.75 Å². The van der Waals surface area contributed by atoms with Crippen LogP contribution in [0.1, 0.15) is 34.7 Å². The Morgan fingerprint density at radius 3 is 2.50 bits per heavy atom. The first kappa shape index (κ1) is 19.7. The molecule has 0 saturated carbocycles. The highest BCUT2D eigenvalue weighted by atomic mass is 16.5. The first-order valence-corrected chi connectivity index (χ1v) is 10.1. The van der Waals surface area contributed by atoms with Crippen LogP contribution < -0.4 is 10.1 Å². The molecule has 1 aromatic heterocycles. The molecule has 4 aromatic rings. The van der Waals surface area contributed by atoms with Crippen molar-refractivity contribution < 1.29 is 9.53 Å². The number of fused-ring (bicyclic) bond motifs is 1. The van der Waals surface area contributed by atoms with Crippen LogP contribution in [-0.2, 0) is 6.54 Å². The Morgan fingerprint density at radius 1 is 1.00 bits per heavy atom. The second kappa shape index (κ2) is 8.82. The number of rotatable bonds is 7. The zero-order valence-corrected chi connectivity index (χ0v) is 17.2. The lowest BCUT2D eigenvalue weighted by Crippen LogP contribution is -2.29. The van der Waals surface area contributed by atoms with Crippen LogP contribution in [0.25, 0.3) is 11.0 Å². The van der Waals surface area contributed by atoms with Gasteiger partial charge in [-0.05, 0) is 49.7 Å². The summed E-state index contributed by atoms with van der Waals surface area (Å²) in [6, 6.07) is 25.1. The van der Waals surface area contributed by atoms with Crippen LogP contribution in [0.3, 0.4) is 0 Å². The van der Waals surface area contributed by atoms with Gasteiger partial charge in [-0.3, -0.25) is 4.79 Å². The summed E-state index contributed by atoms with van der Waals surface area (Å²) in [4.78, 5) is 17.6. The summed E-state index contributed by atoms with van der Waals surface area (Å²) in [7, 11) is 0.